The van der Waals surface area contributed by atoms with Crippen LogP contribution in [0.15, 0.2) is 11.1 Å². The largest absolute Gasteiger partial charge is 0.0930 e. The van der Waals surface area contributed by atoms with E-state index in [-0.39, 0.29) is 0 Å². The van der Waals surface area contributed by atoms with Crippen LogP contribution >= 0.6 is 11.6 Å². The second kappa shape index (κ2) is 3.09. The Morgan fingerprint density at radius 1 is 1.86 bits per heavy atom. The van der Waals surface area contributed by atoms with Crippen LogP contribution in [0.3, 0.4) is 0 Å². The van der Waals surface area contributed by atoms with Crippen LogP contribution < -0.4 is 0 Å². The van der Waals surface area contributed by atoms with Crippen molar-refractivity contribution in [1.82, 2.24) is 0 Å². The summed E-state index contributed by atoms with van der Waals surface area (Å²) in [7, 11) is 0. The van der Waals surface area contributed by atoms with Crippen LogP contribution in [0.4, 0.5) is 0 Å². The first kappa shape index (κ1) is 7.03. The fraction of sp³-hybridized carbons (Fsp3) is 0.500. The van der Waals surface area contributed by atoms with E-state index in [2.05, 4.69) is 6.92 Å². The van der Waals surface area contributed by atoms with E-state index in [1.54, 1.807) is 5.54 Å². The van der Waals surface area contributed by atoms with Crippen molar-refractivity contribution >= 4 is 11.6 Å². The molecule has 1 radical (unpaired) electrons. The van der Waals surface area contributed by atoms with E-state index in [4.69, 9.17) is 11.6 Å². The Labute approximate surface area is 50.2 Å². The molecule has 0 aliphatic rings. The van der Waals surface area contributed by atoms with Crippen molar-refractivity contribution in [2.24, 2.45) is 5.92 Å². The molecule has 0 nitrogen and oxygen atoms in total. The van der Waals surface area contributed by atoms with Gasteiger partial charge in [-0.2, -0.15) is 0 Å². The Bertz CT molecular complexity index is 72.2. The minimum absolute atomic E-state index is 0.345. The van der Waals surface area contributed by atoms with Crippen molar-refractivity contribution in [1.29, 1.82) is 0 Å². The maximum atomic E-state index is 5.34. The molecule has 0 aromatic heterocycles. The van der Waals surface area contributed by atoms with E-state index in [9.17, 15) is 0 Å². The summed E-state index contributed by atoms with van der Waals surface area (Å²) < 4.78 is 0. The standard InChI is InChI=1S/C6H10Cl/c1-5(2)6(3)4-7/h4-5H,1H2,2-3H3/b6-4+. The molecule has 0 aromatic carbocycles. The summed E-state index contributed by atoms with van der Waals surface area (Å²) in [6.07, 6.45) is 0. The highest BCUT2D eigenvalue weighted by molar-refractivity contribution is 6.25. The van der Waals surface area contributed by atoms with Crippen LogP contribution in [0.5, 0.6) is 0 Å². The summed E-state index contributed by atoms with van der Waals surface area (Å²) in [6.45, 7) is 7.73. The summed E-state index contributed by atoms with van der Waals surface area (Å²) in [5.74, 6) is 0.345. The third kappa shape index (κ3) is 2.69. The first-order valence-corrected chi connectivity index (χ1v) is 2.72. The fourth-order valence-corrected chi connectivity index (χ4v) is 0.323. The van der Waals surface area contributed by atoms with E-state index < -0.39 is 0 Å². The van der Waals surface area contributed by atoms with Gasteiger partial charge in [-0.15, -0.1) is 0 Å². The molecular weight excluding hydrogens is 108 g/mol. The monoisotopic (exact) mass is 117 g/mol. The number of halogens is 1. The zero-order valence-electron chi connectivity index (χ0n) is 4.74. The Morgan fingerprint density at radius 2 is 2.29 bits per heavy atom. The molecule has 0 bridgehead atoms. The SMILES string of the molecule is [CH2]C(C)/C(C)=C/Cl. The Kier molecular flexibility index (Phi) is 3.10. The molecule has 0 aliphatic heterocycles. The minimum atomic E-state index is 0.345. The van der Waals surface area contributed by atoms with Crippen LogP contribution in [0.2, 0.25) is 0 Å². The molecule has 0 spiro atoms. The van der Waals surface area contributed by atoms with Crippen LogP contribution in [0.1, 0.15) is 13.8 Å². The van der Waals surface area contributed by atoms with Crippen molar-refractivity contribution in [3.63, 3.8) is 0 Å². The smallest absolute Gasteiger partial charge is 0.00343 e. The third-order valence-electron chi connectivity index (χ3n) is 0.949. The first-order chi connectivity index (χ1) is 3.18. The molecule has 0 amide bonds. The Hall–Kier alpha value is 0.0300. The van der Waals surface area contributed by atoms with Crippen molar-refractivity contribution in [2.75, 3.05) is 0 Å². The first-order valence-electron chi connectivity index (χ1n) is 2.28. The molecular formula is C6H10Cl. The highest BCUT2D eigenvalue weighted by Gasteiger charge is 1.91. The predicted octanol–water partition coefficient (Wildman–Crippen LogP) is 2.60. The van der Waals surface area contributed by atoms with Crippen molar-refractivity contribution < 1.29 is 0 Å². The minimum Gasteiger partial charge on any atom is -0.0930 e. The van der Waals surface area contributed by atoms with Gasteiger partial charge in [0, 0.05) is 5.54 Å². The normalized spacial score (nSPS) is 13.0. The molecule has 0 rings (SSSR count). The fourth-order valence-electron chi connectivity index (χ4n) is 0.108. The molecule has 1 unspecified atom stereocenters. The average Bonchev–Trinajstić information content (AvgIpc) is 1.65. The summed E-state index contributed by atoms with van der Waals surface area (Å²) in [4.78, 5) is 0. The van der Waals surface area contributed by atoms with Gasteiger partial charge < -0.3 is 0 Å². The number of hydrogen-bond donors (Lipinski definition) is 0. The number of allylic oxidation sites excluding steroid dienone is 1. The molecule has 41 valence electrons. The van der Waals surface area contributed by atoms with Crippen LogP contribution in [-0.4, -0.2) is 0 Å². The average molecular weight is 118 g/mol. The number of rotatable bonds is 1. The molecule has 1 atom stereocenters. The van der Waals surface area contributed by atoms with E-state index in [1.165, 1.54) is 0 Å². The predicted molar refractivity (Wildman–Crippen MR) is 34.1 cm³/mol. The molecule has 0 aromatic rings. The third-order valence-corrected chi connectivity index (χ3v) is 1.29. The zero-order valence-corrected chi connectivity index (χ0v) is 5.50. The molecule has 0 heterocycles. The molecule has 0 fully saturated rings. The molecule has 1 heteroatoms. The summed E-state index contributed by atoms with van der Waals surface area (Å²) >= 11 is 5.34. The van der Waals surface area contributed by atoms with Gasteiger partial charge in [0.2, 0.25) is 0 Å². The topological polar surface area (TPSA) is 0 Å². The van der Waals surface area contributed by atoms with Crippen molar-refractivity contribution in [2.45, 2.75) is 13.8 Å². The van der Waals surface area contributed by atoms with Gasteiger partial charge in [-0.1, -0.05) is 24.1 Å². The van der Waals surface area contributed by atoms with Gasteiger partial charge in [-0.25, -0.2) is 0 Å². The van der Waals surface area contributed by atoms with Gasteiger partial charge in [0.05, 0.1) is 0 Å². The van der Waals surface area contributed by atoms with Gasteiger partial charge >= 0.3 is 0 Å². The van der Waals surface area contributed by atoms with Gasteiger partial charge in [0.1, 0.15) is 0 Å². The van der Waals surface area contributed by atoms with E-state index >= 15 is 0 Å². The molecule has 0 saturated carbocycles. The molecule has 0 N–H and O–H groups in total. The van der Waals surface area contributed by atoms with E-state index in [1.807, 2.05) is 13.8 Å². The molecule has 0 saturated heterocycles. The van der Waals surface area contributed by atoms with Crippen molar-refractivity contribution in [3.05, 3.63) is 18.0 Å². The zero-order chi connectivity index (χ0) is 5.86. The molecule has 7 heavy (non-hydrogen) atoms. The highest BCUT2D eigenvalue weighted by atomic mass is 35.5. The van der Waals surface area contributed by atoms with Crippen LogP contribution in [-0.2, 0) is 0 Å². The summed E-state index contributed by atoms with van der Waals surface area (Å²) in [5.41, 5.74) is 2.69. The quantitative estimate of drug-likeness (QED) is 0.495. The van der Waals surface area contributed by atoms with Gasteiger partial charge in [0.25, 0.3) is 0 Å². The van der Waals surface area contributed by atoms with Gasteiger partial charge in [-0.05, 0) is 19.8 Å². The summed E-state index contributed by atoms with van der Waals surface area (Å²) in [5, 5.41) is 0. The van der Waals surface area contributed by atoms with Gasteiger partial charge in [-0.3, -0.25) is 0 Å². The lowest BCUT2D eigenvalue weighted by molar-refractivity contribution is 0.862. The second-order valence-corrected chi connectivity index (χ2v) is 1.97. The lowest BCUT2D eigenvalue weighted by atomic mass is 10.1. The van der Waals surface area contributed by atoms with Crippen LogP contribution in [0, 0.1) is 12.8 Å². The highest BCUT2D eigenvalue weighted by Crippen LogP contribution is 2.07. The summed E-state index contributed by atoms with van der Waals surface area (Å²) in [6, 6.07) is 0. The second-order valence-electron chi connectivity index (χ2n) is 1.75. The maximum absolute atomic E-state index is 5.34. The lowest BCUT2D eigenvalue weighted by Crippen LogP contribution is -1.85. The molecule has 0 aliphatic carbocycles. The van der Waals surface area contributed by atoms with E-state index in [0.29, 0.717) is 5.92 Å². The lowest BCUT2D eigenvalue weighted by Gasteiger charge is -1.99. The van der Waals surface area contributed by atoms with Gasteiger partial charge in [0.15, 0.2) is 0 Å². The maximum Gasteiger partial charge on any atom is 0.00343 e. The van der Waals surface area contributed by atoms with Crippen LogP contribution in [0.25, 0.3) is 0 Å². The van der Waals surface area contributed by atoms with E-state index in [0.717, 1.165) is 5.57 Å². The van der Waals surface area contributed by atoms with Crippen molar-refractivity contribution in [3.8, 4) is 0 Å². The number of hydrogen-bond acceptors (Lipinski definition) is 0. The Morgan fingerprint density at radius 3 is 2.29 bits per heavy atom. The Balaban J connectivity index is 3.56.